The van der Waals surface area contributed by atoms with Crippen LogP contribution >= 0.6 is 0 Å². The third-order valence-corrected chi connectivity index (χ3v) is 4.05. The van der Waals surface area contributed by atoms with Crippen molar-refractivity contribution >= 4 is 29.0 Å². The van der Waals surface area contributed by atoms with Crippen LogP contribution < -0.4 is 5.32 Å². The summed E-state index contributed by atoms with van der Waals surface area (Å²) in [4.78, 5) is 32.6. The first-order valence-electron chi connectivity index (χ1n) is 8.50. The van der Waals surface area contributed by atoms with Gasteiger partial charge in [-0.3, -0.25) is 25.0 Å². The molecule has 0 aliphatic carbocycles. The van der Waals surface area contributed by atoms with E-state index >= 15 is 0 Å². The molecule has 0 aliphatic heterocycles. The molecule has 0 fully saturated rings. The molecular weight excluding hydrogens is 411 g/mol. The maximum absolute atomic E-state index is 13.9. The summed E-state index contributed by atoms with van der Waals surface area (Å²) < 4.78 is 19.4. The number of nitrogens with zero attached hydrogens (tertiary/aromatic N) is 3. The number of furan rings is 1. The minimum absolute atomic E-state index is 0.0905. The van der Waals surface area contributed by atoms with Gasteiger partial charge in [0, 0.05) is 35.9 Å². The first kappa shape index (κ1) is 20.9. The lowest BCUT2D eigenvalue weighted by molar-refractivity contribution is -0.385. The number of nitro benzene ring substituents is 2. The molecule has 0 unspecified atom stereocenters. The highest BCUT2D eigenvalue weighted by atomic mass is 19.1. The van der Waals surface area contributed by atoms with Gasteiger partial charge in [-0.1, -0.05) is 0 Å². The Kier molecular flexibility index (Phi) is 5.83. The Labute approximate surface area is 173 Å². The van der Waals surface area contributed by atoms with Crippen LogP contribution in [0.3, 0.4) is 0 Å². The second-order valence-corrected chi connectivity index (χ2v) is 6.05. The SMILES string of the molecule is N#CC(=Cc1ccc(-c2ccc([N+](=O)[O-])cc2)o1)C(=O)Nc1cc([N+](=O)[O-])ccc1F. The van der Waals surface area contributed by atoms with Crippen LogP contribution in [0.5, 0.6) is 0 Å². The topological polar surface area (TPSA) is 152 Å². The van der Waals surface area contributed by atoms with E-state index in [1.54, 1.807) is 12.1 Å². The number of non-ortho nitro benzene ring substituents is 2. The Bertz CT molecular complexity index is 1260. The molecular formula is C20H11FN4O6. The summed E-state index contributed by atoms with van der Waals surface area (Å²) in [6.07, 6.45) is 1.11. The molecule has 0 radical (unpaired) electrons. The van der Waals surface area contributed by atoms with E-state index in [0.29, 0.717) is 11.3 Å². The van der Waals surface area contributed by atoms with Crippen molar-refractivity contribution in [1.82, 2.24) is 0 Å². The zero-order chi connectivity index (χ0) is 22.5. The third kappa shape index (κ3) is 4.77. The summed E-state index contributed by atoms with van der Waals surface area (Å²) >= 11 is 0. The number of carbonyl (C=O) groups excluding carboxylic acids is 1. The summed E-state index contributed by atoms with van der Waals surface area (Å²) in [6.45, 7) is 0. The lowest BCUT2D eigenvalue weighted by Gasteiger charge is -2.05. The highest BCUT2D eigenvalue weighted by molar-refractivity contribution is 6.09. The van der Waals surface area contributed by atoms with Crippen LogP contribution in [0.2, 0.25) is 0 Å². The predicted molar refractivity (Wildman–Crippen MR) is 106 cm³/mol. The Balaban J connectivity index is 1.81. The fourth-order valence-corrected chi connectivity index (χ4v) is 2.54. The lowest BCUT2D eigenvalue weighted by atomic mass is 10.1. The van der Waals surface area contributed by atoms with Crippen LogP contribution in [-0.4, -0.2) is 15.8 Å². The van der Waals surface area contributed by atoms with Crippen molar-refractivity contribution < 1.29 is 23.4 Å². The quantitative estimate of drug-likeness (QED) is 0.266. The van der Waals surface area contributed by atoms with E-state index in [2.05, 4.69) is 5.32 Å². The molecule has 0 aliphatic rings. The van der Waals surface area contributed by atoms with E-state index in [1.807, 2.05) is 0 Å². The first-order chi connectivity index (χ1) is 14.8. The maximum Gasteiger partial charge on any atom is 0.271 e. The number of amides is 1. The minimum atomic E-state index is -0.991. The van der Waals surface area contributed by atoms with Gasteiger partial charge in [-0.15, -0.1) is 0 Å². The normalized spacial score (nSPS) is 10.9. The van der Waals surface area contributed by atoms with Gasteiger partial charge in [0.25, 0.3) is 17.3 Å². The highest BCUT2D eigenvalue weighted by Gasteiger charge is 2.16. The summed E-state index contributed by atoms with van der Waals surface area (Å²) in [5.41, 5.74) is -0.876. The van der Waals surface area contributed by atoms with Gasteiger partial charge in [-0.05, 0) is 30.3 Å². The Morgan fingerprint density at radius 1 is 1.03 bits per heavy atom. The molecule has 1 N–H and O–H groups in total. The number of hydrogen-bond donors (Lipinski definition) is 1. The number of benzene rings is 2. The summed E-state index contributed by atoms with van der Waals surface area (Å²) in [7, 11) is 0. The van der Waals surface area contributed by atoms with Gasteiger partial charge in [-0.2, -0.15) is 5.26 Å². The number of anilines is 1. The Morgan fingerprint density at radius 2 is 1.68 bits per heavy atom. The molecule has 1 heterocycles. The Morgan fingerprint density at radius 3 is 2.29 bits per heavy atom. The van der Waals surface area contributed by atoms with Crippen molar-refractivity contribution in [1.29, 1.82) is 5.26 Å². The predicted octanol–water partition coefficient (Wildman–Crippen LogP) is 4.45. The number of nitrogens with one attached hydrogen (secondary N) is 1. The highest BCUT2D eigenvalue weighted by Crippen LogP contribution is 2.26. The van der Waals surface area contributed by atoms with Crippen molar-refractivity contribution in [3.8, 4) is 17.4 Å². The van der Waals surface area contributed by atoms with Gasteiger partial charge in [0.15, 0.2) is 0 Å². The number of hydrogen-bond acceptors (Lipinski definition) is 7. The number of nitriles is 1. The molecule has 0 saturated heterocycles. The molecule has 1 aromatic heterocycles. The van der Waals surface area contributed by atoms with E-state index < -0.39 is 38.5 Å². The number of nitro groups is 2. The molecule has 10 nitrogen and oxygen atoms in total. The van der Waals surface area contributed by atoms with Gasteiger partial charge < -0.3 is 9.73 Å². The monoisotopic (exact) mass is 422 g/mol. The van der Waals surface area contributed by atoms with Gasteiger partial charge in [0.1, 0.15) is 29.0 Å². The van der Waals surface area contributed by atoms with Crippen molar-refractivity contribution in [3.05, 3.63) is 92.0 Å². The molecule has 2 aromatic carbocycles. The van der Waals surface area contributed by atoms with Gasteiger partial charge >= 0.3 is 0 Å². The van der Waals surface area contributed by atoms with E-state index in [9.17, 15) is 34.7 Å². The average Bonchev–Trinajstić information content (AvgIpc) is 3.22. The molecule has 3 aromatic rings. The first-order valence-corrected chi connectivity index (χ1v) is 8.50. The number of carbonyl (C=O) groups is 1. The van der Waals surface area contributed by atoms with Crippen LogP contribution in [0.1, 0.15) is 5.76 Å². The maximum atomic E-state index is 13.9. The fraction of sp³-hybridized carbons (Fsp3) is 0. The Hall–Kier alpha value is -4.85. The molecule has 0 bridgehead atoms. The minimum Gasteiger partial charge on any atom is -0.457 e. The van der Waals surface area contributed by atoms with E-state index in [1.165, 1.54) is 30.3 Å². The standard InChI is InChI=1S/C20H11FN4O6/c21-17-7-5-15(25(29)30)10-18(17)23-20(26)13(11-22)9-16-6-8-19(31-16)12-1-3-14(4-2-12)24(27)28/h1-10H,(H,23,26). The van der Waals surface area contributed by atoms with Crippen LogP contribution in [-0.2, 0) is 4.79 Å². The molecule has 3 rings (SSSR count). The molecule has 0 spiro atoms. The fourth-order valence-electron chi connectivity index (χ4n) is 2.54. The van der Waals surface area contributed by atoms with Gasteiger partial charge in [0.05, 0.1) is 15.5 Å². The van der Waals surface area contributed by atoms with E-state index in [0.717, 1.165) is 24.3 Å². The van der Waals surface area contributed by atoms with Gasteiger partial charge in [0.2, 0.25) is 0 Å². The summed E-state index contributed by atoms with van der Waals surface area (Å²) in [5, 5.41) is 32.9. The van der Waals surface area contributed by atoms with Crippen LogP contribution in [0.4, 0.5) is 21.5 Å². The average molecular weight is 422 g/mol. The largest absolute Gasteiger partial charge is 0.457 e. The van der Waals surface area contributed by atoms with Crippen molar-refractivity contribution in [2.75, 3.05) is 5.32 Å². The smallest absolute Gasteiger partial charge is 0.271 e. The second kappa shape index (κ2) is 8.66. The van der Waals surface area contributed by atoms with E-state index in [-0.39, 0.29) is 11.4 Å². The number of rotatable bonds is 6. The van der Waals surface area contributed by atoms with Crippen LogP contribution in [0.25, 0.3) is 17.4 Å². The molecule has 31 heavy (non-hydrogen) atoms. The van der Waals surface area contributed by atoms with Crippen LogP contribution in [0.15, 0.2) is 64.6 Å². The summed E-state index contributed by atoms with van der Waals surface area (Å²) in [5.74, 6) is -1.44. The molecule has 1 amide bonds. The summed E-state index contributed by atoms with van der Waals surface area (Å²) in [6, 6.07) is 12.8. The molecule has 11 heteroatoms. The zero-order valence-corrected chi connectivity index (χ0v) is 15.4. The number of halogens is 1. The van der Waals surface area contributed by atoms with E-state index in [4.69, 9.17) is 4.42 Å². The second-order valence-electron chi connectivity index (χ2n) is 6.05. The molecule has 0 saturated carbocycles. The zero-order valence-electron chi connectivity index (χ0n) is 15.4. The molecule has 154 valence electrons. The van der Waals surface area contributed by atoms with Crippen LogP contribution in [0, 0.1) is 37.4 Å². The van der Waals surface area contributed by atoms with Gasteiger partial charge in [-0.25, -0.2) is 4.39 Å². The van der Waals surface area contributed by atoms with Crippen molar-refractivity contribution in [2.45, 2.75) is 0 Å². The molecule has 0 atom stereocenters. The third-order valence-electron chi connectivity index (χ3n) is 4.05. The van der Waals surface area contributed by atoms with Crippen molar-refractivity contribution in [2.24, 2.45) is 0 Å². The lowest BCUT2D eigenvalue weighted by Crippen LogP contribution is -2.14. The van der Waals surface area contributed by atoms with Crippen molar-refractivity contribution in [3.63, 3.8) is 0 Å².